The third kappa shape index (κ3) is 3.59. The minimum atomic E-state index is 0.176. The summed E-state index contributed by atoms with van der Waals surface area (Å²) in [6.07, 6.45) is 2.04. The lowest BCUT2D eigenvalue weighted by Crippen LogP contribution is -2.43. The fraction of sp³-hybridized carbons (Fsp3) is 0.571. The van der Waals surface area contributed by atoms with Crippen molar-refractivity contribution in [2.24, 2.45) is 5.73 Å². The summed E-state index contributed by atoms with van der Waals surface area (Å²) in [6, 6.07) is 7.63. The lowest BCUT2D eigenvalue weighted by Gasteiger charge is -2.34. The van der Waals surface area contributed by atoms with Gasteiger partial charge in [-0.2, -0.15) is 23.5 Å². The standard InChI is InChI=1S/C14H21NOS2/c1-2-13-14(18-7-6-17-13)12(15)9-10-4-3-5-11(16)8-10/h3-5,8,12-14,16H,2,6-7,9,15H2,1H3. The summed E-state index contributed by atoms with van der Waals surface area (Å²) < 4.78 is 0. The molecule has 0 radical (unpaired) electrons. The maximum Gasteiger partial charge on any atom is 0.115 e. The Balaban J connectivity index is 1.99. The second kappa shape index (κ2) is 6.73. The number of phenols is 1. The molecule has 1 aromatic carbocycles. The van der Waals surface area contributed by atoms with Crippen molar-refractivity contribution in [1.82, 2.24) is 0 Å². The van der Waals surface area contributed by atoms with Crippen molar-refractivity contribution >= 4 is 23.5 Å². The molecule has 2 rings (SSSR count). The molecule has 1 aromatic rings. The molecule has 100 valence electrons. The zero-order valence-electron chi connectivity index (χ0n) is 10.7. The molecule has 3 unspecified atom stereocenters. The lowest BCUT2D eigenvalue weighted by atomic mass is 10.0. The molecule has 0 amide bonds. The Morgan fingerprint density at radius 3 is 2.89 bits per heavy atom. The van der Waals surface area contributed by atoms with Crippen LogP contribution in [-0.2, 0) is 6.42 Å². The number of aromatic hydroxyl groups is 1. The van der Waals surface area contributed by atoms with Gasteiger partial charge in [-0.25, -0.2) is 0 Å². The summed E-state index contributed by atoms with van der Waals surface area (Å²) in [4.78, 5) is 0. The second-order valence-corrected chi connectivity index (χ2v) is 7.32. The van der Waals surface area contributed by atoms with Crippen LogP contribution in [0.2, 0.25) is 0 Å². The molecule has 0 aliphatic carbocycles. The number of benzene rings is 1. The van der Waals surface area contributed by atoms with Crippen molar-refractivity contribution in [2.45, 2.75) is 36.3 Å². The highest BCUT2D eigenvalue weighted by Crippen LogP contribution is 2.35. The summed E-state index contributed by atoms with van der Waals surface area (Å²) in [6.45, 7) is 2.25. The molecular formula is C14H21NOS2. The van der Waals surface area contributed by atoms with Crippen molar-refractivity contribution < 1.29 is 5.11 Å². The van der Waals surface area contributed by atoms with E-state index in [0.29, 0.717) is 16.2 Å². The van der Waals surface area contributed by atoms with Gasteiger partial charge in [0, 0.05) is 28.0 Å². The third-order valence-corrected chi connectivity index (χ3v) is 6.73. The van der Waals surface area contributed by atoms with Gasteiger partial charge in [-0.1, -0.05) is 19.1 Å². The summed E-state index contributed by atoms with van der Waals surface area (Å²) in [7, 11) is 0. The van der Waals surface area contributed by atoms with Crippen molar-refractivity contribution in [3.8, 4) is 5.75 Å². The fourth-order valence-corrected chi connectivity index (χ4v) is 5.60. The Morgan fingerprint density at radius 1 is 1.39 bits per heavy atom. The lowest BCUT2D eigenvalue weighted by molar-refractivity contribution is 0.474. The number of rotatable bonds is 4. The fourth-order valence-electron chi connectivity index (χ4n) is 2.41. The Hall–Kier alpha value is -0.320. The highest BCUT2D eigenvalue weighted by atomic mass is 32.2. The SMILES string of the molecule is CCC1SCCSC1C(N)Cc1cccc(O)c1. The van der Waals surface area contributed by atoms with Crippen molar-refractivity contribution in [3.63, 3.8) is 0 Å². The topological polar surface area (TPSA) is 46.2 Å². The Bertz CT molecular complexity index is 386. The minimum Gasteiger partial charge on any atom is -0.508 e. The quantitative estimate of drug-likeness (QED) is 0.892. The van der Waals surface area contributed by atoms with Crippen molar-refractivity contribution in [1.29, 1.82) is 0 Å². The van der Waals surface area contributed by atoms with Gasteiger partial charge in [0.1, 0.15) is 5.75 Å². The number of phenolic OH excluding ortho intramolecular Hbond substituents is 1. The zero-order chi connectivity index (χ0) is 13.0. The van der Waals surface area contributed by atoms with Gasteiger partial charge in [0.25, 0.3) is 0 Å². The highest BCUT2D eigenvalue weighted by Gasteiger charge is 2.29. The number of hydrogen-bond donors (Lipinski definition) is 2. The number of thioether (sulfide) groups is 2. The average Bonchev–Trinajstić information content (AvgIpc) is 2.38. The summed E-state index contributed by atoms with van der Waals surface area (Å²) in [5, 5.41) is 10.7. The van der Waals surface area contributed by atoms with Gasteiger partial charge in [0.15, 0.2) is 0 Å². The monoisotopic (exact) mass is 283 g/mol. The molecule has 1 heterocycles. The Labute approximate surface area is 118 Å². The predicted octanol–water partition coefficient (Wildman–Crippen LogP) is 2.89. The molecule has 0 saturated carbocycles. The first-order chi connectivity index (χ1) is 8.70. The third-order valence-electron chi connectivity index (χ3n) is 3.30. The Morgan fingerprint density at radius 2 is 2.17 bits per heavy atom. The maximum atomic E-state index is 9.48. The molecule has 0 bridgehead atoms. The van der Waals surface area contributed by atoms with E-state index < -0.39 is 0 Å². The molecule has 18 heavy (non-hydrogen) atoms. The molecule has 1 saturated heterocycles. The van der Waals surface area contributed by atoms with Crippen LogP contribution in [0.3, 0.4) is 0 Å². The van der Waals surface area contributed by atoms with Gasteiger partial charge in [0.2, 0.25) is 0 Å². The molecule has 3 atom stereocenters. The van der Waals surface area contributed by atoms with Crippen LogP contribution >= 0.6 is 23.5 Å². The van der Waals surface area contributed by atoms with Crippen LogP contribution in [-0.4, -0.2) is 33.2 Å². The minimum absolute atomic E-state index is 0.176. The van der Waals surface area contributed by atoms with Crippen LogP contribution < -0.4 is 5.73 Å². The maximum absolute atomic E-state index is 9.48. The normalized spacial score (nSPS) is 25.9. The van der Waals surface area contributed by atoms with E-state index in [1.54, 1.807) is 6.07 Å². The van der Waals surface area contributed by atoms with Gasteiger partial charge in [-0.15, -0.1) is 0 Å². The summed E-state index contributed by atoms with van der Waals surface area (Å²) in [5.74, 6) is 2.79. The van der Waals surface area contributed by atoms with Crippen LogP contribution in [0.4, 0.5) is 0 Å². The Kier molecular flexibility index (Phi) is 5.27. The number of hydrogen-bond acceptors (Lipinski definition) is 4. The van der Waals surface area contributed by atoms with Crippen LogP contribution in [0.5, 0.6) is 5.75 Å². The van der Waals surface area contributed by atoms with Crippen LogP contribution in [0.15, 0.2) is 24.3 Å². The van der Waals surface area contributed by atoms with Gasteiger partial charge < -0.3 is 10.8 Å². The zero-order valence-corrected chi connectivity index (χ0v) is 12.3. The van der Waals surface area contributed by atoms with Crippen LogP contribution in [0.25, 0.3) is 0 Å². The molecule has 1 aliphatic heterocycles. The first-order valence-corrected chi connectivity index (χ1v) is 8.57. The van der Waals surface area contributed by atoms with Gasteiger partial charge in [-0.3, -0.25) is 0 Å². The van der Waals surface area contributed by atoms with Crippen molar-refractivity contribution in [2.75, 3.05) is 11.5 Å². The first kappa shape index (κ1) is 14.1. The van der Waals surface area contributed by atoms with E-state index in [4.69, 9.17) is 5.73 Å². The predicted molar refractivity (Wildman–Crippen MR) is 82.6 cm³/mol. The van der Waals surface area contributed by atoms with Crippen LogP contribution in [0.1, 0.15) is 18.9 Å². The van der Waals surface area contributed by atoms with E-state index >= 15 is 0 Å². The molecule has 0 aromatic heterocycles. The largest absolute Gasteiger partial charge is 0.508 e. The molecule has 4 heteroatoms. The van der Waals surface area contributed by atoms with E-state index in [-0.39, 0.29) is 6.04 Å². The number of nitrogens with two attached hydrogens (primary N) is 1. The average molecular weight is 283 g/mol. The van der Waals surface area contributed by atoms with Crippen LogP contribution in [0, 0.1) is 0 Å². The van der Waals surface area contributed by atoms with E-state index in [0.717, 1.165) is 12.0 Å². The summed E-state index contributed by atoms with van der Waals surface area (Å²) in [5.41, 5.74) is 7.51. The van der Waals surface area contributed by atoms with Gasteiger partial charge in [-0.05, 0) is 30.5 Å². The van der Waals surface area contributed by atoms with Gasteiger partial charge >= 0.3 is 0 Å². The van der Waals surface area contributed by atoms with Crippen molar-refractivity contribution in [3.05, 3.63) is 29.8 Å². The van der Waals surface area contributed by atoms with E-state index in [1.807, 2.05) is 30.0 Å². The smallest absolute Gasteiger partial charge is 0.115 e. The first-order valence-electron chi connectivity index (χ1n) is 6.47. The highest BCUT2D eigenvalue weighted by molar-refractivity contribution is 8.07. The molecule has 0 spiro atoms. The van der Waals surface area contributed by atoms with Gasteiger partial charge in [0.05, 0.1) is 0 Å². The second-order valence-electron chi connectivity index (χ2n) is 4.69. The van der Waals surface area contributed by atoms with E-state index in [1.165, 1.54) is 17.9 Å². The van der Waals surface area contributed by atoms with E-state index in [9.17, 15) is 5.11 Å². The van der Waals surface area contributed by atoms with E-state index in [2.05, 4.69) is 18.7 Å². The molecular weight excluding hydrogens is 262 g/mol. The molecule has 1 fully saturated rings. The molecule has 3 N–H and O–H groups in total. The molecule has 1 aliphatic rings. The molecule has 2 nitrogen and oxygen atoms in total. The summed E-state index contributed by atoms with van der Waals surface area (Å²) >= 11 is 4.08.